The molecule has 0 aliphatic carbocycles. The van der Waals surface area contributed by atoms with Crippen molar-refractivity contribution in [2.24, 2.45) is 0 Å². The minimum atomic E-state index is -1.10. The number of ether oxygens (including phenoxy) is 1. The van der Waals surface area contributed by atoms with Gasteiger partial charge in [-0.3, -0.25) is 0 Å². The number of aromatic nitrogens is 1. The molecule has 0 atom stereocenters. The molecule has 100 valence electrons. The van der Waals surface area contributed by atoms with Crippen LogP contribution >= 0.6 is 0 Å². The molecule has 1 rings (SSSR count). The van der Waals surface area contributed by atoms with E-state index in [4.69, 9.17) is 9.84 Å². The molecule has 1 heterocycles. The Morgan fingerprint density at radius 2 is 1.78 bits per heavy atom. The average Bonchev–Trinajstić information content (AvgIpc) is 2.63. The van der Waals surface area contributed by atoms with Crippen molar-refractivity contribution in [3.8, 4) is 0 Å². The summed E-state index contributed by atoms with van der Waals surface area (Å²) in [6.45, 7) is 8.47. The molecule has 0 unspecified atom stereocenters. The Morgan fingerprint density at radius 1 is 1.22 bits per heavy atom. The predicted octanol–water partition coefficient (Wildman–Crippen LogP) is 2.26. The zero-order valence-corrected chi connectivity index (χ0v) is 11.4. The van der Waals surface area contributed by atoms with Gasteiger partial charge < -0.3 is 14.4 Å². The van der Waals surface area contributed by atoms with Crippen molar-refractivity contribution in [1.29, 1.82) is 0 Å². The average molecular weight is 253 g/mol. The van der Waals surface area contributed by atoms with Crippen molar-refractivity contribution in [3.63, 3.8) is 0 Å². The van der Waals surface area contributed by atoms with Crippen molar-refractivity contribution < 1.29 is 19.4 Å². The molecule has 0 aliphatic heterocycles. The van der Waals surface area contributed by atoms with Crippen LogP contribution in [0, 0.1) is 0 Å². The Labute approximate surface area is 106 Å². The maximum absolute atomic E-state index is 11.8. The topological polar surface area (TPSA) is 68.5 Å². The summed E-state index contributed by atoms with van der Waals surface area (Å²) < 4.78 is 6.69. The van der Waals surface area contributed by atoms with Crippen LogP contribution in [0.5, 0.6) is 0 Å². The van der Waals surface area contributed by atoms with Crippen LogP contribution in [0.4, 0.5) is 0 Å². The van der Waals surface area contributed by atoms with E-state index in [2.05, 4.69) is 0 Å². The molecule has 1 aromatic rings. The molecule has 1 N–H and O–H groups in total. The van der Waals surface area contributed by atoms with E-state index < -0.39 is 23.1 Å². The lowest BCUT2D eigenvalue weighted by atomic mass is 10.1. The maximum atomic E-state index is 11.8. The molecule has 0 saturated carbocycles. The second kappa shape index (κ2) is 4.48. The van der Waals surface area contributed by atoms with Crippen LogP contribution in [0.2, 0.25) is 0 Å². The van der Waals surface area contributed by atoms with Crippen molar-refractivity contribution in [3.05, 3.63) is 24.0 Å². The van der Waals surface area contributed by atoms with Gasteiger partial charge in [-0.1, -0.05) is 0 Å². The lowest BCUT2D eigenvalue weighted by Crippen LogP contribution is -2.34. The highest BCUT2D eigenvalue weighted by molar-refractivity contribution is 5.89. The summed E-state index contributed by atoms with van der Waals surface area (Å²) >= 11 is 0. The molecule has 0 aromatic carbocycles. The molecule has 0 saturated heterocycles. The Morgan fingerprint density at radius 3 is 2.22 bits per heavy atom. The van der Waals surface area contributed by atoms with Gasteiger partial charge in [-0.2, -0.15) is 0 Å². The highest BCUT2D eigenvalue weighted by Gasteiger charge is 2.29. The largest absolute Gasteiger partial charge is 0.480 e. The second-order valence-corrected chi connectivity index (χ2v) is 5.67. The fourth-order valence-corrected chi connectivity index (χ4v) is 1.31. The van der Waals surface area contributed by atoms with Crippen LogP contribution in [0.3, 0.4) is 0 Å². The molecule has 0 aliphatic rings. The number of hydrogen-bond acceptors (Lipinski definition) is 3. The number of hydrogen-bond donors (Lipinski definition) is 1. The number of carboxylic acids is 1. The Bertz CT molecular complexity index is 466. The van der Waals surface area contributed by atoms with Gasteiger partial charge in [-0.15, -0.1) is 0 Å². The van der Waals surface area contributed by atoms with E-state index in [0.717, 1.165) is 0 Å². The zero-order chi connectivity index (χ0) is 14.1. The Balaban J connectivity index is 2.94. The highest BCUT2D eigenvalue weighted by Crippen LogP contribution is 2.19. The summed E-state index contributed by atoms with van der Waals surface area (Å²) in [6.07, 6.45) is 3.05. The third-order valence-corrected chi connectivity index (χ3v) is 2.50. The van der Waals surface area contributed by atoms with Gasteiger partial charge >= 0.3 is 11.9 Å². The van der Waals surface area contributed by atoms with E-state index in [1.165, 1.54) is 10.8 Å². The van der Waals surface area contributed by atoms with Gasteiger partial charge in [0, 0.05) is 12.4 Å². The number of rotatable bonds is 3. The second-order valence-electron chi connectivity index (χ2n) is 5.67. The number of carbonyl (C=O) groups excluding carboxylic acids is 1. The van der Waals surface area contributed by atoms with E-state index in [9.17, 15) is 9.59 Å². The van der Waals surface area contributed by atoms with Crippen LogP contribution < -0.4 is 0 Å². The highest BCUT2D eigenvalue weighted by atomic mass is 16.6. The molecule has 0 spiro atoms. The number of esters is 1. The predicted molar refractivity (Wildman–Crippen MR) is 66.6 cm³/mol. The fraction of sp³-hybridized carbons (Fsp3) is 0.538. The number of carboxylic acid groups (broad SMARTS) is 1. The van der Waals surface area contributed by atoms with Gasteiger partial charge in [0.25, 0.3) is 0 Å². The molecule has 0 radical (unpaired) electrons. The van der Waals surface area contributed by atoms with Crippen LogP contribution in [0.15, 0.2) is 18.5 Å². The van der Waals surface area contributed by atoms with Crippen LogP contribution in [0.25, 0.3) is 0 Å². The first-order chi connectivity index (χ1) is 8.04. The third kappa shape index (κ3) is 3.12. The standard InChI is InChI=1S/C13H19NO4/c1-12(2,3)18-10(15)9-6-7-14(8-9)13(4,5)11(16)17/h6-8H,1-5H3,(H,16,17). The van der Waals surface area contributed by atoms with Gasteiger partial charge in [0.1, 0.15) is 11.1 Å². The molecule has 1 aromatic heterocycles. The molecular weight excluding hydrogens is 234 g/mol. The summed E-state index contributed by atoms with van der Waals surface area (Å²) in [5.41, 5.74) is -1.32. The van der Waals surface area contributed by atoms with Crippen molar-refractivity contribution >= 4 is 11.9 Å². The van der Waals surface area contributed by atoms with E-state index in [-0.39, 0.29) is 0 Å². The van der Waals surface area contributed by atoms with E-state index in [1.807, 2.05) is 0 Å². The van der Waals surface area contributed by atoms with Gasteiger partial charge in [-0.05, 0) is 40.7 Å². The van der Waals surface area contributed by atoms with Crippen molar-refractivity contribution in [2.75, 3.05) is 0 Å². The first-order valence-corrected chi connectivity index (χ1v) is 5.69. The SMILES string of the molecule is CC(C)(C)OC(=O)c1ccn(C(C)(C)C(=O)O)c1. The normalized spacial score (nSPS) is 12.3. The minimum Gasteiger partial charge on any atom is -0.480 e. The first kappa shape index (κ1) is 14.3. The Kier molecular flexibility index (Phi) is 3.55. The minimum absolute atomic E-state index is 0.347. The lowest BCUT2D eigenvalue weighted by Gasteiger charge is -2.21. The molecule has 0 bridgehead atoms. The molecule has 5 heteroatoms. The molecular formula is C13H19NO4. The van der Waals surface area contributed by atoms with E-state index >= 15 is 0 Å². The Hall–Kier alpha value is -1.78. The van der Waals surface area contributed by atoms with Crippen LogP contribution in [-0.2, 0) is 15.1 Å². The van der Waals surface area contributed by atoms with Gasteiger partial charge in [0.05, 0.1) is 5.56 Å². The summed E-state index contributed by atoms with van der Waals surface area (Å²) in [5.74, 6) is -1.42. The molecule has 18 heavy (non-hydrogen) atoms. The van der Waals surface area contributed by atoms with Gasteiger partial charge in [-0.25, -0.2) is 9.59 Å². The quantitative estimate of drug-likeness (QED) is 0.839. The summed E-state index contributed by atoms with van der Waals surface area (Å²) in [5, 5.41) is 9.09. The summed E-state index contributed by atoms with van der Waals surface area (Å²) in [6, 6.07) is 1.55. The van der Waals surface area contributed by atoms with Crippen LogP contribution in [0.1, 0.15) is 45.0 Å². The number of aliphatic carboxylic acids is 1. The summed E-state index contributed by atoms with van der Waals surface area (Å²) in [7, 11) is 0. The maximum Gasteiger partial charge on any atom is 0.340 e. The lowest BCUT2D eigenvalue weighted by molar-refractivity contribution is -0.145. The smallest absolute Gasteiger partial charge is 0.340 e. The number of nitrogens with zero attached hydrogens (tertiary/aromatic N) is 1. The zero-order valence-electron chi connectivity index (χ0n) is 11.4. The summed E-state index contributed by atoms with van der Waals surface area (Å²) in [4.78, 5) is 22.9. The van der Waals surface area contributed by atoms with Crippen molar-refractivity contribution in [1.82, 2.24) is 4.57 Å². The monoisotopic (exact) mass is 253 g/mol. The third-order valence-electron chi connectivity index (χ3n) is 2.50. The molecule has 0 amide bonds. The van der Waals surface area contributed by atoms with Crippen molar-refractivity contribution in [2.45, 2.75) is 45.8 Å². The van der Waals surface area contributed by atoms with Gasteiger partial charge in [0.15, 0.2) is 0 Å². The van der Waals surface area contributed by atoms with Crippen LogP contribution in [-0.4, -0.2) is 27.2 Å². The van der Waals surface area contributed by atoms with E-state index in [1.54, 1.807) is 46.9 Å². The molecule has 5 nitrogen and oxygen atoms in total. The number of carbonyl (C=O) groups is 2. The first-order valence-electron chi connectivity index (χ1n) is 5.69. The molecule has 0 fully saturated rings. The van der Waals surface area contributed by atoms with E-state index in [0.29, 0.717) is 5.56 Å². The fourth-order valence-electron chi connectivity index (χ4n) is 1.31. The van der Waals surface area contributed by atoms with Gasteiger partial charge in [0.2, 0.25) is 0 Å².